The lowest BCUT2D eigenvalue weighted by Gasteiger charge is -2.08. The van der Waals surface area contributed by atoms with Crippen LogP contribution in [0.2, 0.25) is 0 Å². The Morgan fingerprint density at radius 2 is 2.33 bits per heavy atom. The second kappa shape index (κ2) is 6.24. The largest absolute Gasteiger partial charge is 0.494 e. The summed E-state index contributed by atoms with van der Waals surface area (Å²) in [5.41, 5.74) is 6.23. The fraction of sp³-hybridized carbons (Fsp3) is 0.364. The van der Waals surface area contributed by atoms with Crippen LogP contribution in [0, 0.1) is 0 Å². The van der Waals surface area contributed by atoms with Gasteiger partial charge in [-0.25, -0.2) is 0 Å². The molecule has 1 rings (SSSR count). The number of benzene rings is 1. The Labute approximate surface area is 95.6 Å². The maximum Gasteiger partial charge on any atom is 0.168 e. The molecule has 0 unspecified atom stereocenters. The van der Waals surface area contributed by atoms with Crippen molar-refractivity contribution < 1.29 is 4.74 Å². The Morgan fingerprint density at radius 3 is 3.00 bits per heavy atom. The van der Waals surface area contributed by atoms with Gasteiger partial charge in [-0.2, -0.15) is 0 Å². The second-order valence-corrected chi connectivity index (χ2v) is 3.66. The van der Waals surface area contributed by atoms with E-state index in [4.69, 9.17) is 22.7 Å². The van der Waals surface area contributed by atoms with Crippen LogP contribution in [0.5, 0.6) is 5.75 Å². The Bertz CT molecular complexity index is 328. The molecule has 0 aromatic heterocycles. The first kappa shape index (κ1) is 11.8. The monoisotopic (exact) mass is 224 g/mol. The normalized spacial score (nSPS) is 9.67. The van der Waals surface area contributed by atoms with E-state index >= 15 is 0 Å². The molecule has 0 saturated carbocycles. The predicted molar refractivity (Wildman–Crippen MR) is 67.3 cm³/mol. The van der Waals surface area contributed by atoms with Crippen molar-refractivity contribution in [2.24, 2.45) is 5.73 Å². The quantitative estimate of drug-likeness (QED) is 0.596. The molecule has 15 heavy (non-hydrogen) atoms. The van der Waals surface area contributed by atoms with Crippen LogP contribution in [0.1, 0.15) is 19.8 Å². The first-order valence-electron chi connectivity index (χ1n) is 5.01. The molecule has 0 aliphatic heterocycles. The van der Waals surface area contributed by atoms with Gasteiger partial charge < -0.3 is 15.8 Å². The van der Waals surface area contributed by atoms with Crippen molar-refractivity contribution in [3.63, 3.8) is 0 Å². The zero-order valence-corrected chi connectivity index (χ0v) is 9.64. The Balaban J connectivity index is 2.53. The molecule has 1 aromatic carbocycles. The van der Waals surface area contributed by atoms with Crippen molar-refractivity contribution in [2.75, 3.05) is 11.9 Å². The number of nitrogens with one attached hydrogen (secondary N) is 1. The van der Waals surface area contributed by atoms with E-state index in [1.807, 2.05) is 24.3 Å². The van der Waals surface area contributed by atoms with Crippen LogP contribution < -0.4 is 15.8 Å². The standard InChI is InChI=1S/C11H16N2OS/c1-2-3-7-14-10-6-4-5-9(8-10)13-11(12)15/h4-6,8H,2-3,7H2,1H3,(H3,12,13,15). The SMILES string of the molecule is CCCCOc1cccc(NC(N)=S)c1. The van der Waals surface area contributed by atoms with Crippen LogP contribution in [-0.2, 0) is 0 Å². The summed E-state index contributed by atoms with van der Waals surface area (Å²) in [5.74, 6) is 0.838. The molecule has 1 aromatic rings. The smallest absolute Gasteiger partial charge is 0.168 e. The first-order chi connectivity index (χ1) is 7.22. The third-order valence-corrected chi connectivity index (χ3v) is 1.97. The summed E-state index contributed by atoms with van der Waals surface area (Å²) in [6.45, 7) is 2.88. The van der Waals surface area contributed by atoms with Crippen molar-refractivity contribution in [3.05, 3.63) is 24.3 Å². The minimum Gasteiger partial charge on any atom is -0.494 e. The van der Waals surface area contributed by atoms with Gasteiger partial charge in [0.15, 0.2) is 5.11 Å². The number of rotatable bonds is 5. The van der Waals surface area contributed by atoms with Gasteiger partial charge in [0.2, 0.25) is 0 Å². The summed E-state index contributed by atoms with van der Waals surface area (Å²) < 4.78 is 5.54. The van der Waals surface area contributed by atoms with Crippen LogP contribution in [0.4, 0.5) is 5.69 Å². The van der Waals surface area contributed by atoms with E-state index in [0.29, 0.717) is 0 Å². The van der Waals surface area contributed by atoms with E-state index in [1.54, 1.807) is 0 Å². The van der Waals surface area contributed by atoms with Crippen LogP contribution in [0.15, 0.2) is 24.3 Å². The second-order valence-electron chi connectivity index (χ2n) is 3.22. The highest BCUT2D eigenvalue weighted by atomic mass is 32.1. The molecule has 0 aliphatic rings. The van der Waals surface area contributed by atoms with Crippen molar-refractivity contribution >= 4 is 23.0 Å². The number of hydrogen-bond donors (Lipinski definition) is 2. The van der Waals surface area contributed by atoms with Gasteiger partial charge in [-0.3, -0.25) is 0 Å². The lowest BCUT2D eigenvalue weighted by molar-refractivity contribution is 0.309. The summed E-state index contributed by atoms with van der Waals surface area (Å²) in [6, 6.07) is 7.60. The van der Waals surface area contributed by atoms with Crippen molar-refractivity contribution in [1.82, 2.24) is 0 Å². The summed E-state index contributed by atoms with van der Waals surface area (Å²) in [6.07, 6.45) is 2.19. The number of anilines is 1. The van der Waals surface area contributed by atoms with Gasteiger partial charge in [-0.1, -0.05) is 19.4 Å². The molecular weight excluding hydrogens is 208 g/mol. The molecule has 4 heteroatoms. The fourth-order valence-corrected chi connectivity index (χ4v) is 1.26. The average molecular weight is 224 g/mol. The summed E-state index contributed by atoms with van der Waals surface area (Å²) in [7, 11) is 0. The van der Waals surface area contributed by atoms with Crippen LogP contribution >= 0.6 is 12.2 Å². The first-order valence-corrected chi connectivity index (χ1v) is 5.42. The molecule has 0 spiro atoms. The molecule has 3 nitrogen and oxygen atoms in total. The topological polar surface area (TPSA) is 47.3 Å². The number of unbranched alkanes of at least 4 members (excludes halogenated alkanes) is 1. The third-order valence-electron chi connectivity index (χ3n) is 1.87. The minimum absolute atomic E-state index is 0.265. The third kappa shape index (κ3) is 4.65. The highest BCUT2D eigenvalue weighted by molar-refractivity contribution is 7.80. The van der Waals surface area contributed by atoms with Gasteiger partial charge in [0.25, 0.3) is 0 Å². The molecule has 0 amide bonds. The lowest BCUT2D eigenvalue weighted by atomic mass is 10.3. The van der Waals surface area contributed by atoms with Gasteiger partial charge in [0, 0.05) is 11.8 Å². The number of ether oxygens (including phenoxy) is 1. The molecule has 0 atom stereocenters. The highest BCUT2D eigenvalue weighted by Crippen LogP contribution is 2.17. The van der Waals surface area contributed by atoms with Crippen LogP contribution in [-0.4, -0.2) is 11.7 Å². The molecule has 82 valence electrons. The van der Waals surface area contributed by atoms with E-state index in [-0.39, 0.29) is 5.11 Å². The Kier molecular flexibility index (Phi) is 4.90. The summed E-state index contributed by atoms with van der Waals surface area (Å²) in [4.78, 5) is 0. The van der Waals surface area contributed by atoms with Gasteiger partial charge in [0.1, 0.15) is 5.75 Å². The Morgan fingerprint density at radius 1 is 1.53 bits per heavy atom. The van der Waals surface area contributed by atoms with Crippen molar-refractivity contribution in [2.45, 2.75) is 19.8 Å². The van der Waals surface area contributed by atoms with Crippen LogP contribution in [0.25, 0.3) is 0 Å². The molecule has 0 fully saturated rings. The molecule has 0 bridgehead atoms. The number of nitrogens with two attached hydrogens (primary N) is 1. The molecule has 0 saturated heterocycles. The molecule has 0 heterocycles. The predicted octanol–water partition coefficient (Wildman–Crippen LogP) is 2.52. The van der Waals surface area contributed by atoms with Crippen molar-refractivity contribution in [1.29, 1.82) is 0 Å². The number of hydrogen-bond acceptors (Lipinski definition) is 2. The lowest BCUT2D eigenvalue weighted by Crippen LogP contribution is -2.18. The zero-order valence-electron chi connectivity index (χ0n) is 8.82. The van der Waals surface area contributed by atoms with Gasteiger partial charge in [0.05, 0.1) is 6.61 Å². The molecular formula is C11H16N2OS. The fourth-order valence-electron chi connectivity index (χ4n) is 1.14. The number of thiocarbonyl (C=S) groups is 1. The van der Waals surface area contributed by atoms with E-state index in [9.17, 15) is 0 Å². The van der Waals surface area contributed by atoms with E-state index in [2.05, 4.69) is 12.2 Å². The average Bonchev–Trinajstić information content (AvgIpc) is 2.18. The van der Waals surface area contributed by atoms with Gasteiger partial charge in [-0.15, -0.1) is 0 Å². The highest BCUT2D eigenvalue weighted by Gasteiger charge is 1.96. The Hall–Kier alpha value is -1.29. The van der Waals surface area contributed by atoms with Gasteiger partial charge >= 0.3 is 0 Å². The van der Waals surface area contributed by atoms with E-state index in [1.165, 1.54) is 0 Å². The maximum absolute atomic E-state index is 5.54. The molecule has 3 N–H and O–H groups in total. The van der Waals surface area contributed by atoms with Crippen LogP contribution in [0.3, 0.4) is 0 Å². The zero-order chi connectivity index (χ0) is 11.1. The summed E-state index contributed by atoms with van der Waals surface area (Å²) in [5, 5.41) is 3.13. The van der Waals surface area contributed by atoms with Crippen molar-refractivity contribution in [3.8, 4) is 5.75 Å². The molecule has 0 aliphatic carbocycles. The minimum atomic E-state index is 0.265. The molecule has 0 radical (unpaired) electrons. The van der Waals surface area contributed by atoms with E-state index < -0.39 is 0 Å². The van der Waals surface area contributed by atoms with E-state index in [0.717, 1.165) is 30.9 Å². The maximum atomic E-state index is 5.54. The van der Waals surface area contributed by atoms with Gasteiger partial charge in [-0.05, 0) is 30.8 Å². The summed E-state index contributed by atoms with van der Waals surface area (Å²) >= 11 is 4.75.